The molecule has 3 nitrogen and oxygen atoms in total. The van der Waals surface area contributed by atoms with Crippen molar-refractivity contribution in [2.24, 2.45) is 0 Å². The monoisotopic (exact) mass is 309 g/mol. The van der Waals surface area contributed by atoms with E-state index in [1.807, 2.05) is 0 Å². The summed E-state index contributed by atoms with van der Waals surface area (Å²) in [7, 11) is 0. The molecule has 0 fully saturated rings. The lowest BCUT2D eigenvalue weighted by molar-refractivity contribution is 0.0926. The first-order valence-corrected chi connectivity index (χ1v) is 6.38. The third-order valence-electron chi connectivity index (χ3n) is 3.01. The lowest BCUT2D eigenvalue weighted by Gasteiger charge is -2.13. The molecule has 2 aromatic carbocycles. The van der Waals surface area contributed by atoms with Gasteiger partial charge in [0.05, 0.1) is 26.9 Å². The van der Waals surface area contributed by atoms with E-state index in [9.17, 15) is 14.0 Å². The molecule has 1 aliphatic rings. The van der Waals surface area contributed by atoms with Gasteiger partial charge in [-0.2, -0.15) is 0 Å². The predicted octanol–water partition coefficient (Wildman–Crippen LogP) is 3.93. The Balaban J connectivity index is 2.12. The molecule has 0 spiro atoms. The molecule has 0 unspecified atom stereocenters. The van der Waals surface area contributed by atoms with Crippen LogP contribution in [-0.2, 0) is 0 Å². The lowest BCUT2D eigenvalue weighted by Crippen LogP contribution is -2.29. The topological polar surface area (TPSA) is 37.4 Å². The number of benzene rings is 2. The van der Waals surface area contributed by atoms with Crippen LogP contribution in [0.5, 0.6) is 0 Å². The molecular weight excluding hydrogens is 304 g/mol. The first-order valence-electron chi connectivity index (χ1n) is 5.62. The SMILES string of the molecule is O=C1c2cc(Cl)c(Cl)cc2C(=O)N1c1ccc(F)cc1. The number of rotatable bonds is 1. The maximum atomic E-state index is 12.9. The van der Waals surface area contributed by atoms with Crippen molar-refractivity contribution in [2.75, 3.05) is 4.90 Å². The Labute approximate surface area is 123 Å². The van der Waals surface area contributed by atoms with Gasteiger partial charge in [-0.1, -0.05) is 23.2 Å². The van der Waals surface area contributed by atoms with Gasteiger partial charge in [0.15, 0.2) is 0 Å². The van der Waals surface area contributed by atoms with Crippen molar-refractivity contribution in [3.8, 4) is 0 Å². The molecule has 2 aromatic rings. The standard InChI is InChI=1S/C14H6Cl2FNO2/c15-11-5-9-10(6-12(11)16)14(20)18(13(9)19)8-3-1-7(17)2-4-8/h1-6H. The van der Waals surface area contributed by atoms with Crippen molar-refractivity contribution in [3.05, 3.63) is 63.4 Å². The molecule has 20 heavy (non-hydrogen) atoms. The van der Waals surface area contributed by atoms with Crippen molar-refractivity contribution in [2.45, 2.75) is 0 Å². The van der Waals surface area contributed by atoms with Crippen molar-refractivity contribution < 1.29 is 14.0 Å². The average molecular weight is 310 g/mol. The molecule has 1 aliphatic heterocycles. The summed E-state index contributed by atoms with van der Waals surface area (Å²) >= 11 is 11.7. The number of anilines is 1. The molecule has 0 radical (unpaired) electrons. The van der Waals surface area contributed by atoms with Gasteiger partial charge in [-0.3, -0.25) is 9.59 Å². The van der Waals surface area contributed by atoms with E-state index in [1.54, 1.807) is 0 Å². The van der Waals surface area contributed by atoms with Crippen molar-refractivity contribution in [1.82, 2.24) is 0 Å². The number of imide groups is 1. The van der Waals surface area contributed by atoms with Gasteiger partial charge >= 0.3 is 0 Å². The second-order valence-electron chi connectivity index (χ2n) is 4.23. The van der Waals surface area contributed by atoms with Crippen LogP contribution in [-0.4, -0.2) is 11.8 Å². The smallest absolute Gasteiger partial charge is 0.266 e. The second-order valence-corrected chi connectivity index (χ2v) is 5.05. The van der Waals surface area contributed by atoms with Crippen LogP contribution in [0.3, 0.4) is 0 Å². The molecule has 100 valence electrons. The normalized spacial score (nSPS) is 13.8. The maximum Gasteiger partial charge on any atom is 0.266 e. The number of amides is 2. The summed E-state index contributed by atoms with van der Waals surface area (Å²) in [6.45, 7) is 0. The van der Waals surface area contributed by atoms with E-state index < -0.39 is 17.6 Å². The number of hydrogen-bond acceptors (Lipinski definition) is 2. The molecule has 0 aromatic heterocycles. The number of halogens is 3. The van der Waals surface area contributed by atoms with Crippen LogP contribution < -0.4 is 4.90 Å². The summed E-state index contributed by atoms with van der Waals surface area (Å²) in [5.41, 5.74) is 0.673. The first-order chi connectivity index (χ1) is 9.49. The number of carbonyl (C=O) groups is 2. The molecule has 0 N–H and O–H groups in total. The van der Waals surface area contributed by atoms with Gasteiger partial charge in [-0.25, -0.2) is 9.29 Å². The Morgan fingerprint density at radius 2 is 1.30 bits per heavy atom. The third kappa shape index (κ3) is 1.88. The molecule has 0 atom stereocenters. The zero-order chi connectivity index (χ0) is 14.4. The quantitative estimate of drug-likeness (QED) is 0.748. The van der Waals surface area contributed by atoms with Gasteiger partial charge in [0, 0.05) is 0 Å². The Bertz CT molecular complexity index is 703. The molecule has 3 rings (SSSR count). The predicted molar refractivity (Wildman–Crippen MR) is 74.0 cm³/mol. The summed E-state index contributed by atoms with van der Waals surface area (Å²) in [6.07, 6.45) is 0. The van der Waals surface area contributed by atoms with Crippen LogP contribution in [0.15, 0.2) is 36.4 Å². The fraction of sp³-hybridized carbons (Fsp3) is 0. The van der Waals surface area contributed by atoms with E-state index in [-0.39, 0.29) is 21.2 Å². The van der Waals surface area contributed by atoms with E-state index in [4.69, 9.17) is 23.2 Å². The lowest BCUT2D eigenvalue weighted by atomic mass is 10.1. The largest absolute Gasteiger partial charge is 0.268 e. The highest BCUT2D eigenvalue weighted by molar-refractivity contribution is 6.44. The number of nitrogens with zero attached hydrogens (tertiary/aromatic N) is 1. The number of fused-ring (bicyclic) bond motifs is 1. The fourth-order valence-corrected chi connectivity index (χ4v) is 2.39. The van der Waals surface area contributed by atoms with Gasteiger partial charge < -0.3 is 0 Å². The van der Waals surface area contributed by atoms with Crippen molar-refractivity contribution in [1.29, 1.82) is 0 Å². The Kier molecular flexibility index (Phi) is 3.00. The van der Waals surface area contributed by atoms with Gasteiger partial charge in [0.2, 0.25) is 0 Å². The molecule has 0 aliphatic carbocycles. The molecule has 0 bridgehead atoms. The zero-order valence-electron chi connectivity index (χ0n) is 9.86. The minimum absolute atomic E-state index is 0.189. The Hall–Kier alpha value is -1.91. The summed E-state index contributed by atoms with van der Waals surface area (Å²) in [5, 5.41) is 0.403. The van der Waals surface area contributed by atoms with Crippen LogP contribution in [0, 0.1) is 5.82 Å². The van der Waals surface area contributed by atoms with E-state index >= 15 is 0 Å². The number of hydrogen-bond donors (Lipinski definition) is 0. The molecule has 6 heteroatoms. The molecule has 0 saturated heterocycles. The Morgan fingerprint density at radius 3 is 1.75 bits per heavy atom. The highest BCUT2D eigenvalue weighted by Crippen LogP contribution is 2.33. The highest BCUT2D eigenvalue weighted by atomic mass is 35.5. The van der Waals surface area contributed by atoms with E-state index in [1.165, 1.54) is 36.4 Å². The van der Waals surface area contributed by atoms with Crippen molar-refractivity contribution >= 4 is 40.7 Å². The van der Waals surface area contributed by atoms with Gasteiger partial charge in [-0.15, -0.1) is 0 Å². The van der Waals surface area contributed by atoms with Crippen LogP contribution in [0.2, 0.25) is 10.0 Å². The minimum atomic E-state index is -0.504. The minimum Gasteiger partial charge on any atom is -0.268 e. The summed E-state index contributed by atoms with van der Waals surface area (Å²) in [5.74, 6) is -1.46. The van der Waals surface area contributed by atoms with E-state index in [0.29, 0.717) is 5.69 Å². The van der Waals surface area contributed by atoms with Crippen LogP contribution in [0.25, 0.3) is 0 Å². The highest BCUT2D eigenvalue weighted by Gasteiger charge is 2.37. The summed E-state index contributed by atoms with van der Waals surface area (Å²) in [4.78, 5) is 25.5. The first kappa shape index (κ1) is 13.1. The van der Waals surface area contributed by atoms with Crippen LogP contribution in [0.1, 0.15) is 20.7 Å². The summed E-state index contributed by atoms with van der Waals surface area (Å²) in [6, 6.07) is 7.81. The average Bonchev–Trinajstić information content (AvgIpc) is 2.65. The van der Waals surface area contributed by atoms with Crippen LogP contribution in [0.4, 0.5) is 10.1 Å². The molecule has 1 heterocycles. The van der Waals surface area contributed by atoms with Crippen molar-refractivity contribution in [3.63, 3.8) is 0 Å². The fourth-order valence-electron chi connectivity index (χ4n) is 2.06. The summed E-state index contributed by atoms with van der Waals surface area (Å²) < 4.78 is 12.9. The molecular formula is C14H6Cl2FNO2. The van der Waals surface area contributed by atoms with Gasteiger partial charge in [0.1, 0.15) is 5.82 Å². The number of carbonyl (C=O) groups excluding carboxylic acids is 2. The Morgan fingerprint density at radius 1 is 0.850 bits per heavy atom. The maximum absolute atomic E-state index is 12.9. The second kappa shape index (κ2) is 4.58. The van der Waals surface area contributed by atoms with E-state index in [0.717, 1.165) is 4.90 Å². The molecule has 0 saturated carbocycles. The van der Waals surface area contributed by atoms with Gasteiger partial charge in [0.25, 0.3) is 11.8 Å². The van der Waals surface area contributed by atoms with Gasteiger partial charge in [-0.05, 0) is 36.4 Å². The van der Waals surface area contributed by atoms with Crippen LogP contribution >= 0.6 is 23.2 Å². The zero-order valence-corrected chi connectivity index (χ0v) is 11.4. The molecule has 2 amide bonds. The third-order valence-corrected chi connectivity index (χ3v) is 3.73. The van der Waals surface area contributed by atoms with E-state index in [2.05, 4.69) is 0 Å².